The van der Waals surface area contributed by atoms with E-state index in [1.165, 1.54) is 0 Å². The summed E-state index contributed by atoms with van der Waals surface area (Å²) in [6.45, 7) is 4.21. The molecule has 1 aromatic rings. The zero-order valence-electron chi connectivity index (χ0n) is 10.2. The third-order valence-corrected chi connectivity index (χ3v) is 3.85. The fourth-order valence-corrected chi connectivity index (χ4v) is 2.75. The highest BCUT2D eigenvalue weighted by atomic mass is 32.2. The van der Waals surface area contributed by atoms with E-state index in [-0.39, 0.29) is 11.9 Å². The third kappa shape index (κ3) is 3.49. The monoisotopic (exact) mass is 241 g/mol. The van der Waals surface area contributed by atoms with E-state index >= 15 is 0 Å². The van der Waals surface area contributed by atoms with Gasteiger partial charge in [0.15, 0.2) is 0 Å². The van der Waals surface area contributed by atoms with Crippen molar-refractivity contribution in [1.29, 1.82) is 0 Å². The standard InChI is InChI=1S/C13H20FNS/c1-4-5-9-16-13-11(10(2)15-3)7-6-8-12(13)14/h6-8,10,15H,4-5,9H2,1-3H3. The fraction of sp³-hybridized carbons (Fsp3) is 0.538. The van der Waals surface area contributed by atoms with Crippen LogP contribution < -0.4 is 5.32 Å². The van der Waals surface area contributed by atoms with Gasteiger partial charge in [0.1, 0.15) is 5.82 Å². The van der Waals surface area contributed by atoms with Crippen molar-refractivity contribution in [2.24, 2.45) is 0 Å². The molecule has 0 bridgehead atoms. The van der Waals surface area contributed by atoms with Crippen LogP contribution in [0.3, 0.4) is 0 Å². The molecule has 0 aliphatic rings. The van der Waals surface area contributed by atoms with Crippen LogP contribution in [0, 0.1) is 5.82 Å². The maximum atomic E-state index is 13.7. The number of thioether (sulfide) groups is 1. The summed E-state index contributed by atoms with van der Waals surface area (Å²) >= 11 is 1.63. The van der Waals surface area contributed by atoms with Gasteiger partial charge >= 0.3 is 0 Å². The van der Waals surface area contributed by atoms with Crippen molar-refractivity contribution < 1.29 is 4.39 Å². The molecule has 0 aliphatic carbocycles. The Labute approximate surface area is 102 Å². The molecule has 90 valence electrons. The molecule has 1 N–H and O–H groups in total. The molecule has 0 saturated carbocycles. The summed E-state index contributed by atoms with van der Waals surface area (Å²) in [5.41, 5.74) is 1.06. The van der Waals surface area contributed by atoms with Gasteiger partial charge < -0.3 is 5.32 Å². The lowest BCUT2D eigenvalue weighted by Crippen LogP contribution is -2.13. The van der Waals surface area contributed by atoms with Gasteiger partial charge in [-0.2, -0.15) is 0 Å². The Morgan fingerprint density at radius 2 is 2.19 bits per heavy atom. The largest absolute Gasteiger partial charge is 0.313 e. The smallest absolute Gasteiger partial charge is 0.137 e. The molecule has 1 aromatic carbocycles. The van der Waals surface area contributed by atoms with Gasteiger partial charge in [-0.3, -0.25) is 0 Å². The van der Waals surface area contributed by atoms with Gasteiger partial charge in [0, 0.05) is 10.9 Å². The quantitative estimate of drug-likeness (QED) is 0.597. The molecule has 0 amide bonds. The van der Waals surface area contributed by atoms with Crippen LogP contribution in [0.5, 0.6) is 0 Å². The second kappa shape index (κ2) is 6.92. The molecule has 0 spiro atoms. The number of benzene rings is 1. The number of halogens is 1. The molecule has 0 radical (unpaired) electrons. The van der Waals surface area contributed by atoms with E-state index in [9.17, 15) is 4.39 Å². The van der Waals surface area contributed by atoms with Gasteiger partial charge in [0.05, 0.1) is 0 Å². The van der Waals surface area contributed by atoms with E-state index in [1.807, 2.05) is 13.1 Å². The molecule has 0 saturated heterocycles. The normalized spacial score (nSPS) is 12.8. The first-order valence-corrected chi connectivity index (χ1v) is 6.77. The zero-order valence-corrected chi connectivity index (χ0v) is 11.0. The zero-order chi connectivity index (χ0) is 12.0. The third-order valence-electron chi connectivity index (χ3n) is 2.64. The molecule has 0 fully saturated rings. The van der Waals surface area contributed by atoms with Gasteiger partial charge in [0.25, 0.3) is 0 Å². The topological polar surface area (TPSA) is 12.0 Å². The van der Waals surface area contributed by atoms with Crippen molar-refractivity contribution >= 4 is 11.8 Å². The molecule has 1 unspecified atom stereocenters. The average Bonchev–Trinajstić information content (AvgIpc) is 2.30. The van der Waals surface area contributed by atoms with E-state index in [4.69, 9.17) is 0 Å². The highest BCUT2D eigenvalue weighted by molar-refractivity contribution is 7.99. The maximum absolute atomic E-state index is 13.7. The van der Waals surface area contributed by atoms with E-state index in [1.54, 1.807) is 23.9 Å². The van der Waals surface area contributed by atoms with Crippen molar-refractivity contribution in [2.75, 3.05) is 12.8 Å². The number of nitrogens with one attached hydrogen (secondary N) is 1. The second-order valence-corrected chi connectivity index (χ2v) is 4.98. The van der Waals surface area contributed by atoms with Gasteiger partial charge in [0.2, 0.25) is 0 Å². The van der Waals surface area contributed by atoms with Gasteiger partial charge in [-0.05, 0) is 37.8 Å². The van der Waals surface area contributed by atoms with Gasteiger partial charge in [-0.15, -0.1) is 11.8 Å². The molecule has 1 atom stereocenters. The summed E-state index contributed by atoms with van der Waals surface area (Å²) < 4.78 is 13.7. The Kier molecular flexibility index (Phi) is 5.85. The lowest BCUT2D eigenvalue weighted by Gasteiger charge is -2.16. The number of hydrogen-bond donors (Lipinski definition) is 1. The van der Waals surface area contributed by atoms with E-state index in [0.29, 0.717) is 0 Å². The number of hydrogen-bond acceptors (Lipinski definition) is 2. The number of unbranched alkanes of at least 4 members (excludes halogenated alkanes) is 1. The Morgan fingerprint density at radius 1 is 1.44 bits per heavy atom. The molecule has 3 heteroatoms. The molecular formula is C13H20FNS. The van der Waals surface area contributed by atoms with Gasteiger partial charge in [-0.25, -0.2) is 4.39 Å². The summed E-state index contributed by atoms with van der Waals surface area (Å²) in [5.74, 6) is 0.890. The molecular weight excluding hydrogens is 221 g/mol. The van der Waals surface area contributed by atoms with Crippen LogP contribution in [0.2, 0.25) is 0 Å². The van der Waals surface area contributed by atoms with Crippen LogP contribution in [-0.2, 0) is 0 Å². The van der Waals surface area contributed by atoms with E-state index in [2.05, 4.69) is 19.2 Å². The molecule has 1 nitrogen and oxygen atoms in total. The first-order valence-electron chi connectivity index (χ1n) is 5.79. The second-order valence-electron chi connectivity index (χ2n) is 3.87. The Hall–Kier alpha value is -0.540. The molecule has 1 rings (SSSR count). The lowest BCUT2D eigenvalue weighted by atomic mass is 10.1. The van der Waals surface area contributed by atoms with E-state index < -0.39 is 0 Å². The SMILES string of the molecule is CCCCSc1c(F)cccc1C(C)NC. The van der Waals surface area contributed by atoms with Crippen LogP contribution in [0.4, 0.5) is 4.39 Å². The summed E-state index contributed by atoms with van der Waals surface area (Å²) in [7, 11) is 1.90. The summed E-state index contributed by atoms with van der Waals surface area (Å²) in [6.07, 6.45) is 2.28. The maximum Gasteiger partial charge on any atom is 0.137 e. The summed E-state index contributed by atoms with van der Waals surface area (Å²) in [4.78, 5) is 0.804. The van der Waals surface area contributed by atoms with Crippen LogP contribution in [0.25, 0.3) is 0 Å². The minimum absolute atomic E-state index is 0.0966. The summed E-state index contributed by atoms with van der Waals surface area (Å²) in [6, 6.07) is 5.51. The number of rotatable bonds is 6. The van der Waals surface area contributed by atoms with Crippen molar-refractivity contribution in [2.45, 2.75) is 37.6 Å². The Morgan fingerprint density at radius 3 is 2.81 bits per heavy atom. The van der Waals surface area contributed by atoms with Crippen molar-refractivity contribution in [3.8, 4) is 0 Å². The van der Waals surface area contributed by atoms with Crippen molar-refractivity contribution in [3.63, 3.8) is 0 Å². The predicted octanol–water partition coefficient (Wildman–Crippen LogP) is 4.00. The van der Waals surface area contributed by atoms with Crippen molar-refractivity contribution in [1.82, 2.24) is 5.32 Å². The lowest BCUT2D eigenvalue weighted by molar-refractivity contribution is 0.575. The Balaban J connectivity index is 2.85. The van der Waals surface area contributed by atoms with E-state index in [0.717, 1.165) is 29.1 Å². The van der Waals surface area contributed by atoms with Crippen LogP contribution in [0.1, 0.15) is 38.3 Å². The van der Waals surface area contributed by atoms with Crippen LogP contribution >= 0.6 is 11.8 Å². The predicted molar refractivity (Wildman–Crippen MR) is 69.5 cm³/mol. The highest BCUT2D eigenvalue weighted by Gasteiger charge is 2.12. The van der Waals surface area contributed by atoms with Crippen molar-refractivity contribution in [3.05, 3.63) is 29.6 Å². The first kappa shape index (κ1) is 13.5. The molecule has 16 heavy (non-hydrogen) atoms. The molecule has 0 aromatic heterocycles. The molecule has 0 aliphatic heterocycles. The first-order chi connectivity index (χ1) is 7.70. The highest BCUT2D eigenvalue weighted by Crippen LogP contribution is 2.30. The molecule has 0 heterocycles. The van der Waals surface area contributed by atoms with Crippen LogP contribution in [0.15, 0.2) is 23.1 Å². The van der Waals surface area contributed by atoms with Gasteiger partial charge in [-0.1, -0.05) is 25.5 Å². The minimum Gasteiger partial charge on any atom is -0.313 e. The van der Waals surface area contributed by atoms with Crippen LogP contribution in [-0.4, -0.2) is 12.8 Å². The average molecular weight is 241 g/mol. The minimum atomic E-state index is -0.0966. The fourth-order valence-electron chi connectivity index (χ4n) is 1.49. The Bertz CT molecular complexity index is 328. The summed E-state index contributed by atoms with van der Waals surface area (Å²) in [5, 5.41) is 3.16.